The molecule has 22 heavy (non-hydrogen) atoms. The Bertz CT molecular complexity index is 606. The van der Waals surface area contributed by atoms with Crippen molar-refractivity contribution in [2.45, 2.75) is 32.1 Å². The summed E-state index contributed by atoms with van der Waals surface area (Å²) in [5.74, 6) is -0.294. The first-order chi connectivity index (χ1) is 10.6. The van der Waals surface area contributed by atoms with Crippen molar-refractivity contribution in [1.29, 1.82) is 0 Å². The molecule has 1 aromatic rings. The molecule has 5 heteroatoms. The van der Waals surface area contributed by atoms with Gasteiger partial charge in [0.2, 0.25) is 5.91 Å². The molecule has 1 spiro atoms. The predicted molar refractivity (Wildman–Crippen MR) is 85.2 cm³/mol. The van der Waals surface area contributed by atoms with Crippen molar-refractivity contribution in [2.24, 2.45) is 5.41 Å². The van der Waals surface area contributed by atoms with E-state index in [-0.39, 0.29) is 17.3 Å². The van der Waals surface area contributed by atoms with Gasteiger partial charge in [0.25, 0.3) is 0 Å². The van der Waals surface area contributed by atoms with Gasteiger partial charge in [-0.2, -0.15) is 0 Å². The number of benzene rings is 1. The van der Waals surface area contributed by atoms with E-state index in [9.17, 15) is 9.59 Å². The number of nitrogens with one attached hydrogen (secondary N) is 1. The zero-order chi connectivity index (χ0) is 15.7. The molecule has 2 aliphatic rings. The molecule has 0 saturated heterocycles. The number of fused-ring (bicyclic) bond motifs is 1. The molecule has 0 unspecified atom stereocenters. The Hall–Kier alpha value is -2.04. The van der Waals surface area contributed by atoms with Crippen LogP contribution in [-0.2, 0) is 9.53 Å². The number of nitrogens with zero attached hydrogens (tertiary/aromatic N) is 1. The van der Waals surface area contributed by atoms with E-state index in [1.807, 2.05) is 18.0 Å². The summed E-state index contributed by atoms with van der Waals surface area (Å²) in [7, 11) is 3.32. The number of esters is 1. The third kappa shape index (κ3) is 2.34. The van der Waals surface area contributed by atoms with Gasteiger partial charge >= 0.3 is 5.97 Å². The van der Waals surface area contributed by atoms with Gasteiger partial charge in [0.1, 0.15) is 0 Å². The second kappa shape index (κ2) is 5.63. The third-order valence-corrected chi connectivity index (χ3v) is 4.90. The highest BCUT2D eigenvalue weighted by Gasteiger charge is 2.43. The number of para-hydroxylation sites is 1. The lowest BCUT2D eigenvalue weighted by Crippen LogP contribution is -2.44. The van der Waals surface area contributed by atoms with Gasteiger partial charge in [0.15, 0.2) is 0 Å². The van der Waals surface area contributed by atoms with E-state index in [1.54, 1.807) is 12.1 Å². The van der Waals surface area contributed by atoms with Gasteiger partial charge in [0, 0.05) is 13.6 Å². The van der Waals surface area contributed by atoms with Crippen LogP contribution in [0, 0.1) is 5.41 Å². The minimum Gasteiger partial charge on any atom is -0.465 e. The van der Waals surface area contributed by atoms with E-state index >= 15 is 0 Å². The van der Waals surface area contributed by atoms with Gasteiger partial charge < -0.3 is 15.0 Å². The van der Waals surface area contributed by atoms with Gasteiger partial charge in [-0.15, -0.1) is 0 Å². The number of hydrogen-bond acceptors (Lipinski definition) is 4. The molecule has 5 nitrogen and oxygen atoms in total. The fraction of sp³-hybridized carbons (Fsp3) is 0.529. The summed E-state index contributed by atoms with van der Waals surface area (Å²) in [5, 5.41) is 3.04. The molecule has 3 rings (SSSR count). The highest BCUT2D eigenvalue weighted by atomic mass is 16.5. The molecule has 1 fully saturated rings. The Morgan fingerprint density at radius 2 is 2.00 bits per heavy atom. The quantitative estimate of drug-likeness (QED) is 0.810. The first-order valence-corrected chi connectivity index (χ1v) is 7.81. The van der Waals surface area contributed by atoms with Gasteiger partial charge in [-0.3, -0.25) is 4.79 Å². The predicted octanol–water partition coefficient (Wildman–Crippen LogP) is 2.81. The van der Waals surface area contributed by atoms with Crippen molar-refractivity contribution in [3.8, 4) is 0 Å². The van der Waals surface area contributed by atoms with Crippen molar-refractivity contribution in [1.82, 2.24) is 0 Å². The van der Waals surface area contributed by atoms with E-state index in [0.717, 1.165) is 31.4 Å². The van der Waals surface area contributed by atoms with Crippen molar-refractivity contribution in [3.63, 3.8) is 0 Å². The zero-order valence-electron chi connectivity index (χ0n) is 13.1. The van der Waals surface area contributed by atoms with E-state index < -0.39 is 0 Å². The van der Waals surface area contributed by atoms with Gasteiger partial charge in [-0.25, -0.2) is 4.79 Å². The average molecular weight is 302 g/mol. The number of carbonyl (C=O) groups is 2. The molecule has 1 aromatic carbocycles. The number of methoxy groups -OCH3 is 1. The molecule has 1 aliphatic heterocycles. The zero-order valence-corrected chi connectivity index (χ0v) is 13.1. The maximum atomic E-state index is 12.8. The molecule has 0 aromatic heterocycles. The van der Waals surface area contributed by atoms with Crippen LogP contribution >= 0.6 is 0 Å². The first kappa shape index (κ1) is 14.9. The Balaban J connectivity index is 2.04. The summed E-state index contributed by atoms with van der Waals surface area (Å²) in [5.41, 5.74) is 1.60. The Kier molecular flexibility index (Phi) is 3.81. The summed E-state index contributed by atoms with van der Waals surface area (Å²) in [6, 6.07) is 5.36. The molecule has 1 heterocycles. The Labute approximate surface area is 130 Å². The summed E-state index contributed by atoms with van der Waals surface area (Å²) < 4.78 is 4.88. The summed E-state index contributed by atoms with van der Waals surface area (Å²) in [6.45, 7) is 0.639. The highest BCUT2D eigenvalue weighted by molar-refractivity contribution is 6.06. The molecule has 1 N–H and O–H groups in total. The minimum absolute atomic E-state index is 0.0832. The molecule has 118 valence electrons. The largest absolute Gasteiger partial charge is 0.465 e. The van der Waals surface area contributed by atoms with Crippen LogP contribution in [-0.4, -0.2) is 32.6 Å². The topological polar surface area (TPSA) is 58.6 Å². The molecule has 0 radical (unpaired) electrons. The number of ether oxygens (including phenoxy) is 1. The molecule has 1 saturated carbocycles. The SMILES string of the molecule is COC(=O)c1cccc2c1N(C)CC1(CCCCC1)C(=O)N2. The van der Waals surface area contributed by atoms with E-state index in [4.69, 9.17) is 4.74 Å². The highest BCUT2D eigenvalue weighted by Crippen LogP contribution is 2.43. The average Bonchev–Trinajstić information content (AvgIpc) is 2.63. The molecule has 0 bridgehead atoms. The minimum atomic E-state index is -0.377. The normalized spacial score (nSPS) is 20.1. The van der Waals surface area contributed by atoms with Crippen molar-refractivity contribution < 1.29 is 14.3 Å². The van der Waals surface area contributed by atoms with Crippen LogP contribution in [0.25, 0.3) is 0 Å². The van der Waals surface area contributed by atoms with Crippen LogP contribution in [0.15, 0.2) is 18.2 Å². The lowest BCUT2D eigenvalue weighted by atomic mass is 9.73. The maximum Gasteiger partial charge on any atom is 0.340 e. The number of amides is 1. The van der Waals surface area contributed by atoms with Crippen LogP contribution < -0.4 is 10.2 Å². The van der Waals surface area contributed by atoms with Crippen LogP contribution in [0.2, 0.25) is 0 Å². The van der Waals surface area contributed by atoms with Crippen LogP contribution in [0.5, 0.6) is 0 Å². The summed E-state index contributed by atoms with van der Waals surface area (Å²) in [6.07, 6.45) is 5.18. The maximum absolute atomic E-state index is 12.8. The monoisotopic (exact) mass is 302 g/mol. The molecule has 1 amide bonds. The second-order valence-electron chi connectivity index (χ2n) is 6.34. The fourth-order valence-corrected chi connectivity index (χ4v) is 3.80. The van der Waals surface area contributed by atoms with Crippen LogP contribution in [0.4, 0.5) is 11.4 Å². The molecule has 1 aliphatic carbocycles. The van der Waals surface area contributed by atoms with E-state index in [1.165, 1.54) is 13.5 Å². The van der Waals surface area contributed by atoms with Crippen LogP contribution in [0.3, 0.4) is 0 Å². The van der Waals surface area contributed by atoms with Gasteiger partial charge in [-0.05, 0) is 25.0 Å². The number of hydrogen-bond donors (Lipinski definition) is 1. The number of carbonyl (C=O) groups excluding carboxylic acids is 2. The van der Waals surface area contributed by atoms with Gasteiger partial charge in [-0.1, -0.05) is 25.3 Å². The van der Waals surface area contributed by atoms with E-state index in [2.05, 4.69) is 5.32 Å². The summed E-state index contributed by atoms with van der Waals surface area (Å²) in [4.78, 5) is 26.9. The van der Waals surface area contributed by atoms with E-state index in [0.29, 0.717) is 17.8 Å². The molecular formula is C17H22N2O3. The first-order valence-electron chi connectivity index (χ1n) is 7.81. The fourth-order valence-electron chi connectivity index (χ4n) is 3.80. The lowest BCUT2D eigenvalue weighted by molar-refractivity contribution is -0.126. The standard InChI is InChI=1S/C17H22N2O3/c1-19-11-17(9-4-3-5-10-17)16(21)18-13-8-6-7-12(14(13)19)15(20)22-2/h6-8H,3-5,9-11H2,1-2H3,(H,18,21). The number of anilines is 2. The lowest BCUT2D eigenvalue weighted by Gasteiger charge is -2.37. The third-order valence-electron chi connectivity index (χ3n) is 4.90. The Morgan fingerprint density at radius 3 is 2.68 bits per heavy atom. The van der Waals surface area contributed by atoms with Crippen molar-refractivity contribution >= 4 is 23.3 Å². The van der Waals surface area contributed by atoms with Gasteiger partial charge in [0.05, 0.1) is 29.5 Å². The summed E-state index contributed by atoms with van der Waals surface area (Å²) >= 11 is 0. The van der Waals surface area contributed by atoms with Crippen LogP contribution in [0.1, 0.15) is 42.5 Å². The molecular weight excluding hydrogens is 280 g/mol. The number of rotatable bonds is 1. The molecule has 0 atom stereocenters. The smallest absolute Gasteiger partial charge is 0.340 e. The van der Waals surface area contributed by atoms with Crippen molar-refractivity contribution in [2.75, 3.05) is 30.9 Å². The second-order valence-corrected chi connectivity index (χ2v) is 6.34. The van der Waals surface area contributed by atoms with Crippen molar-refractivity contribution in [3.05, 3.63) is 23.8 Å². The Morgan fingerprint density at radius 1 is 1.27 bits per heavy atom.